The molecule has 1 aromatic heterocycles. The summed E-state index contributed by atoms with van der Waals surface area (Å²) in [5.41, 5.74) is 0.763. The van der Waals surface area contributed by atoms with Crippen LogP contribution >= 0.6 is 11.8 Å². The summed E-state index contributed by atoms with van der Waals surface area (Å²) in [4.78, 5) is 21.5. The molecule has 6 nitrogen and oxygen atoms in total. The van der Waals surface area contributed by atoms with E-state index in [-0.39, 0.29) is 0 Å². The molecule has 0 aromatic carbocycles. The van der Waals surface area contributed by atoms with Crippen LogP contribution in [0.4, 0.5) is 5.95 Å². The number of rotatable bonds is 3. The third-order valence-corrected chi connectivity index (χ3v) is 3.72. The van der Waals surface area contributed by atoms with Gasteiger partial charge in [-0.2, -0.15) is 16.7 Å². The van der Waals surface area contributed by atoms with Crippen molar-refractivity contribution in [1.82, 2.24) is 9.97 Å². The molecule has 18 heavy (non-hydrogen) atoms. The van der Waals surface area contributed by atoms with Crippen LogP contribution in [0.3, 0.4) is 0 Å². The maximum absolute atomic E-state index is 11.2. The fourth-order valence-electron chi connectivity index (χ4n) is 1.81. The first kappa shape index (κ1) is 12.9. The highest BCUT2D eigenvalue weighted by atomic mass is 32.2. The Kier molecular flexibility index (Phi) is 3.90. The molecular formula is C11H15N3O3S. The normalized spacial score (nSPS) is 19.7. The first-order chi connectivity index (χ1) is 8.61. The van der Waals surface area contributed by atoms with Crippen LogP contribution in [0.25, 0.3) is 0 Å². The molecule has 0 saturated carbocycles. The fourth-order valence-corrected chi connectivity index (χ4v) is 2.84. The van der Waals surface area contributed by atoms with E-state index in [1.165, 1.54) is 7.11 Å². The number of carboxylic acids is 1. The standard InChI is InChI=1S/C11H15N3O3S/c1-7-5-9(17-2)13-11(12-7)14-3-4-18-6-8(14)10(15)16/h5,8H,3-4,6H2,1-2H3,(H,15,16). The van der Waals surface area contributed by atoms with Gasteiger partial charge < -0.3 is 14.7 Å². The highest BCUT2D eigenvalue weighted by Crippen LogP contribution is 2.23. The van der Waals surface area contributed by atoms with E-state index in [0.717, 1.165) is 11.4 Å². The van der Waals surface area contributed by atoms with Crippen LogP contribution in [-0.2, 0) is 4.79 Å². The second kappa shape index (κ2) is 5.43. The zero-order valence-electron chi connectivity index (χ0n) is 10.3. The summed E-state index contributed by atoms with van der Waals surface area (Å²) in [6.45, 7) is 2.47. The number of thioether (sulfide) groups is 1. The Morgan fingerprint density at radius 2 is 2.39 bits per heavy atom. The lowest BCUT2D eigenvalue weighted by Crippen LogP contribution is -2.48. The van der Waals surface area contributed by atoms with Crippen LogP contribution in [0.5, 0.6) is 5.88 Å². The Morgan fingerprint density at radius 3 is 3.06 bits per heavy atom. The molecule has 1 unspecified atom stereocenters. The average molecular weight is 269 g/mol. The SMILES string of the molecule is COc1cc(C)nc(N2CCSCC2C(=O)O)n1. The molecule has 0 spiro atoms. The van der Waals surface area contributed by atoms with Crippen molar-refractivity contribution < 1.29 is 14.6 Å². The predicted octanol–water partition coefficient (Wildman–Crippen LogP) is 0.800. The van der Waals surface area contributed by atoms with E-state index in [1.54, 1.807) is 22.7 Å². The van der Waals surface area contributed by atoms with Crippen molar-refractivity contribution in [3.05, 3.63) is 11.8 Å². The van der Waals surface area contributed by atoms with E-state index in [2.05, 4.69) is 9.97 Å². The van der Waals surface area contributed by atoms with Crippen molar-refractivity contribution in [2.45, 2.75) is 13.0 Å². The van der Waals surface area contributed by atoms with Gasteiger partial charge in [0.25, 0.3) is 0 Å². The van der Waals surface area contributed by atoms with Gasteiger partial charge in [-0.15, -0.1) is 0 Å². The van der Waals surface area contributed by atoms with Gasteiger partial charge >= 0.3 is 5.97 Å². The number of nitrogens with zero attached hydrogens (tertiary/aromatic N) is 3. The molecule has 0 amide bonds. The number of methoxy groups -OCH3 is 1. The molecule has 1 aliphatic heterocycles. The molecule has 1 aliphatic rings. The van der Waals surface area contributed by atoms with Gasteiger partial charge in [0.15, 0.2) is 0 Å². The third kappa shape index (κ3) is 2.66. The number of aryl methyl sites for hydroxylation is 1. The molecule has 98 valence electrons. The highest BCUT2D eigenvalue weighted by Gasteiger charge is 2.31. The van der Waals surface area contributed by atoms with E-state index < -0.39 is 12.0 Å². The minimum absolute atomic E-state index is 0.430. The molecule has 2 rings (SSSR count). The molecule has 2 heterocycles. The summed E-state index contributed by atoms with van der Waals surface area (Å²) in [6.07, 6.45) is 0. The number of carboxylic acid groups (broad SMARTS) is 1. The van der Waals surface area contributed by atoms with Gasteiger partial charge in [-0.25, -0.2) is 9.78 Å². The second-order valence-electron chi connectivity index (χ2n) is 3.97. The van der Waals surface area contributed by atoms with E-state index in [9.17, 15) is 9.90 Å². The number of hydrogen-bond acceptors (Lipinski definition) is 6. The number of hydrogen-bond donors (Lipinski definition) is 1. The Labute approximate surface area is 109 Å². The number of ether oxygens (including phenoxy) is 1. The Hall–Kier alpha value is -1.50. The van der Waals surface area contributed by atoms with Gasteiger partial charge in [-0.1, -0.05) is 0 Å². The topological polar surface area (TPSA) is 75.5 Å². The maximum atomic E-state index is 11.2. The van der Waals surface area contributed by atoms with Crippen LogP contribution in [0.2, 0.25) is 0 Å². The summed E-state index contributed by atoms with van der Waals surface area (Å²) in [5, 5.41) is 9.22. The van der Waals surface area contributed by atoms with Crippen LogP contribution < -0.4 is 9.64 Å². The zero-order chi connectivity index (χ0) is 13.1. The van der Waals surface area contributed by atoms with E-state index in [0.29, 0.717) is 24.1 Å². The quantitative estimate of drug-likeness (QED) is 0.869. The summed E-state index contributed by atoms with van der Waals surface area (Å²) >= 11 is 1.63. The molecule has 1 N–H and O–H groups in total. The van der Waals surface area contributed by atoms with Crippen LogP contribution in [0, 0.1) is 6.92 Å². The summed E-state index contributed by atoms with van der Waals surface area (Å²) in [5.74, 6) is 1.48. The predicted molar refractivity (Wildman–Crippen MR) is 69.4 cm³/mol. The molecule has 1 saturated heterocycles. The monoisotopic (exact) mass is 269 g/mol. The summed E-state index contributed by atoms with van der Waals surface area (Å²) in [7, 11) is 1.53. The van der Waals surface area contributed by atoms with Gasteiger partial charge in [0.05, 0.1) is 7.11 Å². The van der Waals surface area contributed by atoms with Crippen molar-refractivity contribution in [2.24, 2.45) is 0 Å². The Balaban J connectivity index is 2.33. The molecule has 0 radical (unpaired) electrons. The zero-order valence-corrected chi connectivity index (χ0v) is 11.1. The number of anilines is 1. The lowest BCUT2D eigenvalue weighted by molar-refractivity contribution is -0.138. The van der Waals surface area contributed by atoms with Gasteiger partial charge in [-0.3, -0.25) is 0 Å². The van der Waals surface area contributed by atoms with Crippen molar-refractivity contribution in [3.8, 4) is 5.88 Å². The van der Waals surface area contributed by atoms with Crippen molar-refractivity contribution >= 4 is 23.7 Å². The molecule has 0 bridgehead atoms. The molecule has 1 atom stereocenters. The van der Waals surface area contributed by atoms with Gasteiger partial charge in [0.1, 0.15) is 6.04 Å². The summed E-state index contributed by atoms with van der Waals surface area (Å²) in [6, 6.07) is 1.15. The van der Waals surface area contributed by atoms with Crippen LogP contribution in [0.1, 0.15) is 5.69 Å². The second-order valence-corrected chi connectivity index (χ2v) is 5.12. The van der Waals surface area contributed by atoms with Gasteiger partial charge in [-0.05, 0) is 6.92 Å². The fraction of sp³-hybridized carbons (Fsp3) is 0.545. The average Bonchev–Trinajstić information content (AvgIpc) is 2.38. The molecule has 1 aromatic rings. The van der Waals surface area contributed by atoms with Crippen LogP contribution in [0.15, 0.2) is 6.07 Å². The van der Waals surface area contributed by atoms with E-state index >= 15 is 0 Å². The van der Waals surface area contributed by atoms with Crippen molar-refractivity contribution in [3.63, 3.8) is 0 Å². The Bertz CT molecular complexity index is 455. The highest BCUT2D eigenvalue weighted by molar-refractivity contribution is 7.99. The van der Waals surface area contributed by atoms with Gasteiger partial charge in [0.2, 0.25) is 11.8 Å². The number of aliphatic carboxylic acids is 1. The molecule has 0 aliphatic carbocycles. The third-order valence-electron chi connectivity index (χ3n) is 2.70. The smallest absolute Gasteiger partial charge is 0.327 e. The van der Waals surface area contributed by atoms with Crippen LogP contribution in [-0.4, -0.2) is 52.2 Å². The summed E-state index contributed by atoms with van der Waals surface area (Å²) < 4.78 is 5.09. The van der Waals surface area contributed by atoms with E-state index in [4.69, 9.17) is 4.74 Å². The first-order valence-corrected chi connectivity index (χ1v) is 6.74. The van der Waals surface area contributed by atoms with E-state index in [1.807, 2.05) is 6.92 Å². The molecule has 7 heteroatoms. The molecule has 1 fully saturated rings. The largest absolute Gasteiger partial charge is 0.481 e. The minimum Gasteiger partial charge on any atom is -0.481 e. The first-order valence-electron chi connectivity index (χ1n) is 5.58. The lowest BCUT2D eigenvalue weighted by Gasteiger charge is -2.32. The number of aromatic nitrogens is 2. The minimum atomic E-state index is -0.841. The molecular weight excluding hydrogens is 254 g/mol. The Morgan fingerprint density at radius 1 is 1.61 bits per heavy atom. The van der Waals surface area contributed by atoms with Crippen molar-refractivity contribution in [2.75, 3.05) is 30.1 Å². The maximum Gasteiger partial charge on any atom is 0.327 e. The van der Waals surface area contributed by atoms with Crippen molar-refractivity contribution in [1.29, 1.82) is 0 Å². The lowest BCUT2D eigenvalue weighted by atomic mass is 10.3. The van der Waals surface area contributed by atoms with Gasteiger partial charge in [0, 0.05) is 29.8 Å². The number of carbonyl (C=O) groups is 1.